The Hall–Kier alpha value is -2.37. The summed E-state index contributed by atoms with van der Waals surface area (Å²) in [5.41, 5.74) is 5.43. The number of nitrogens with two attached hydrogens (primary N) is 1. The Kier molecular flexibility index (Phi) is 4.57. The SMILES string of the molecule is Nc1cccc(OCCOc2cccc(C(F)(F)F)c2)c1. The van der Waals surface area contributed by atoms with E-state index < -0.39 is 11.7 Å². The maximum Gasteiger partial charge on any atom is 0.416 e. The molecule has 0 radical (unpaired) electrons. The van der Waals surface area contributed by atoms with E-state index in [0.29, 0.717) is 11.4 Å². The molecule has 2 aromatic rings. The zero-order valence-electron chi connectivity index (χ0n) is 11.1. The van der Waals surface area contributed by atoms with Gasteiger partial charge < -0.3 is 15.2 Å². The number of benzene rings is 2. The van der Waals surface area contributed by atoms with Crippen LogP contribution in [0.1, 0.15) is 5.56 Å². The number of nitrogen functional groups attached to an aromatic ring is 1. The molecule has 0 aliphatic heterocycles. The lowest BCUT2D eigenvalue weighted by Crippen LogP contribution is -2.10. The summed E-state index contributed by atoms with van der Waals surface area (Å²) in [7, 11) is 0. The van der Waals surface area contributed by atoms with E-state index in [1.807, 2.05) is 0 Å². The first-order valence-electron chi connectivity index (χ1n) is 6.23. The minimum Gasteiger partial charge on any atom is -0.490 e. The third kappa shape index (κ3) is 4.59. The van der Waals surface area contributed by atoms with Gasteiger partial charge in [0.15, 0.2) is 0 Å². The molecule has 0 aliphatic rings. The summed E-state index contributed by atoms with van der Waals surface area (Å²) in [4.78, 5) is 0. The molecule has 0 saturated heterocycles. The Bertz CT molecular complexity index is 599. The summed E-state index contributed by atoms with van der Waals surface area (Å²) < 4.78 is 48.2. The van der Waals surface area contributed by atoms with Crippen LogP contribution in [0.3, 0.4) is 0 Å². The quantitative estimate of drug-likeness (QED) is 0.675. The number of hydrogen-bond acceptors (Lipinski definition) is 3. The van der Waals surface area contributed by atoms with Crippen LogP contribution < -0.4 is 15.2 Å². The van der Waals surface area contributed by atoms with Crippen LogP contribution in [0.4, 0.5) is 18.9 Å². The zero-order chi connectivity index (χ0) is 15.3. The summed E-state index contributed by atoms with van der Waals surface area (Å²) in [5.74, 6) is 0.739. The van der Waals surface area contributed by atoms with E-state index in [-0.39, 0.29) is 19.0 Å². The highest BCUT2D eigenvalue weighted by Crippen LogP contribution is 2.31. The fourth-order valence-corrected chi connectivity index (χ4v) is 1.69. The van der Waals surface area contributed by atoms with Gasteiger partial charge in [0, 0.05) is 11.8 Å². The van der Waals surface area contributed by atoms with E-state index in [4.69, 9.17) is 15.2 Å². The largest absolute Gasteiger partial charge is 0.490 e. The molecule has 2 aromatic carbocycles. The fraction of sp³-hybridized carbons (Fsp3) is 0.200. The van der Waals surface area contributed by atoms with Crippen LogP contribution in [-0.2, 0) is 6.18 Å². The van der Waals surface area contributed by atoms with Gasteiger partial charge in [-0.25, -0.2) is 0 Å². The van der Waals surface area contributed by atoms with Crippen molar-refractivity contribution in [2.75, 3.05) is 18.9 Å². The molecule has 0 atom stereocenters. The van der Waals surface area contributed by atoms with Crippen LogP contribution in [0.5, 0.6) is 11.5 Å². The van der Waals surface area contributed by atoms with Crippen LogP contribution in [0.2, 0.25) is 0 Å². The van der Waals surface area contributed by atoms with Crippen molar-refractivity contribution in [3.8, 4) is 11.5 Å². The molecule has 0 spiro atoms. The number of hydrogen-bond donors (Lipinski definition) is 1. The normalized spacial score (nSPS) is 11.2. The molecule has 112 valence electrons. The highest BCUT2D eigenvalue weighted by atomic mass is 19.4. The Balaban J connectivity index is 1.84. The van der Waals surface area contributed by atoms with Gasteiger partial charge in [-0.05, 0) is 30.3 Å². The van der Waals surface area contributed by atoms with Crippen molar-refractivity contribution in [3.05, 3.63) is 54.1 Å². The van der Waals surface area contributed by atoms with Crippen molar-refractivity contribution >= 4 is 5.69 Å². The monoisotopic (exact) mass is 297 g/mol. The van der Waals surface area contributed by atoms with Crippen LogP contribution >= 0.6 is 0 Å². The van der Waals surface area contributed by atoms with E-state index in [2.05, 4.69) is 0 Å². The van der Waals surface area contributed by atoms with E-state index in [0.717, 1.165) is 12.1 Å². The van der Waals surface area contributed by atoms with Crippen molar-refractivity contribution < 1.29 is 22.6 Å². The topological polar surface area (TPSA) is 44.5 Å². The van der Waals surface area contributed by atoms with E-state index in [9.17, 15) is 13.2 Å². The lowest BCUT2D eigenvalue weighted by atomic mass is 10.2. The highest BCUT2D eigenvalue weighted by Gasteiger charge is 2.30. The van der Waals surface area contributed by atoms with Crippen molar-refractivity contribution in [2.24, 2.45) is 0 Å². The van der Waals surface area contributed by atoms with Gasteiger partial charge in [0.2, 0.25) is 0 Å². The molecular formula is C15H14F3NO2. The maximum atomic E-state index is 12.5. The number of halogens is 3. The molecule has 2 rings (SSSR count). The van der Waals surface area contributed by atoms with Crippen molar-refractivity contribution in [1.82, 2.24) is 0 Å². The molecule has 0 unspecified atom stereocenters. The molecule has 0 fully saturated rings. The second-order valence-corrected chi connectivity index (χ2v) is 4.30. The third-order valence-corrected chi connectivity index (χ3v) is 2.64. The molecule has 0 heterocycles. The average molecular weight is 297 g/mol. The van der Waals surface area contributed by atoms with Crippen LogP contribution in [0, 0.1) is 0 Å². The zero-order valence-corrected chi connectivity index (χ0v) is 11.1. The van der Waals surface area contributed by atoms with Crippen LogP contribution in [-0.4, -0.2) is 13.2 Å². The van der Waals surface area contributed by atoms with Gasteiger partial charge in [-0.15, -0.1) is 0 Å². The predicted octanol–water partition coefficient (Wildman–Crippen LogP) is 3.75. The number of rotatable bonds is 5. The van der Waals surface area contributed by atoms with Crippen molar-refractivity contribution in [3.63, 3.8) is 0 Å². The lowest BCUT2D eigenvalue weighted by Gasteiger charge is -2.11. The molecule has 2 N–H and O–H groups in total. The molecule has 21 heavy (non-hydrogen) atoms. The Morgan fingerprint density at radius 2 is 1.43 bits per heavy atom. The first-order chi connectivity index (χ1) is 9.95. The van der Waals surface area contributed by atoms with Crippen LogP contribution in [0.25, 0.3) is 0 Å². The fourth-order valence-electron chi connectivity index (χ4n) is 1.69. The van der Waals surface area contributed by atoms with Gasteiger partial charge in [0.25, 0.3) is 0 Å². The predicted molar refractivity (Wildman–Crippen MR) is 73.3 cm³/mol. The molecule has 0 aromatic heterocycles. The smallest absolute Gasteiger partial charge is 0.416 e. The Morgan fingerprint density at radius 3 is 2.00 bits per heavy atom. The highest BCUT2D eigenvalue weighted by molar-refractivity contribution is 5.43. The van der Waals surface area contributed by atoms with Crippen molar-refractivity contribution in [2.45, 2.75) is 6.18 Å². The Morgan fingerprint density at radius 1 is 0.857 bits per heavy atom. The van der Waals surface area contributed by atoms with Crippen LogP contribution in [0.15, 0.2) is 48.5 Å². The first kappa shape index (κ1) is 15.0. The second kappa shape index (κ2) is 6.39. The number of ether oxygens (including phenoxy) is 2. The van der Waals surface area contributed by atoms with E-state index in [1.165, 1.54) is 12.1 Å². The molecule has 0 bridgehead atoms. The first-order valence-corrected chi connectivity index (χ1v) is 6.23. The number of alkyl halides is 3. The van der Waals surface area contributed by atoms with Gasteiger partial charge in [0.1, 0.15) is 24.7 Å². The molecule has 0 amide bonds. The van der Waals surface area contributed by atoms with Crippen molar-refractivity contribution in [1.29, 1.82) is 0 Å². The second-order valence-electron chi connectivity index (χ2n) is 4.30. The molecule has 6 heteroatoms. The third-order valence-electron chi connectivity index (χ3n) is 2.64. The molecule has 3 nitrogen and oxygen atoms in total. The van der Waals surface area contributed by atoms with Gasteiger partial charge in [-0.1, -0.05) is 12.1 Å². The average Bonchev–Trinajstić information content (AvgIpc) is 2.43. The minimum atomic E-state index is -4.38. The van der Waals surface area contributed by atoms with Gasteiger partial charge in [-0.3, -0.25) is 0 Å². The summed E-state index contributed by atoms with van der Waals surface area (Å²) in [6, 6.07) is 11.6. The lowest BCUT2D eigenvalue weighted by molar-refractivity contribution is -0.137. The summed E-state index contributed by atoms with van der Waals surface area (Å²) in [6.45, 7) is 0.343. The van der Waals surface area contributed by atoms with Gasteiger partial charge in [0.05, 0.1) is 5.56 Å². The standard InChI is InChI=1S/C15H14F3NO2/c16-15(17,18)11-3-1-5-13(9-11)20-7-8-21-14-6-2-4-12(19)10-14/h1-6,9-10H,7-8,19H2. The van der Waals surface area contributed by atoms with Gasteiger partial charge >= 0.3 is 6.18 Å². The summed E-state index contributed by atoms with van der Waals surface area (Å²) in [5, 5.41) is 0. The van der Waals surface area contributed by atoms with E-state index in [1.54, 1.807) is 24.3 Å². The maximum absolute atomic E-state index is 12.5. The molecule has 0 aliphatic carbocycles. The van der Waals surface area contributed by atoms with Gasteiger partial charge in [-0.2, -0.15) is 13.2 Å². The molecule has 0 saturated carbocycles. The molecular weight excluding hydrogens is 283 g/mol. The number of anilines is 1. The Labute approximate surface area is 120 Å². The summed E-state index contributed by atoms with van der Waals surface area (Å²) >= 11 is 0. The summed E-state index contributed by atoms with van der Waals surface area (Å²) in [6.07, 6.45) is -4.38. The van der Waals surface area contributed by atoms with E-state index >= 15 is 0 Å². The minimum absolute atomic E-state index is 0.135.